The van der Waals surface area contributed by atoms with Crippen molar-refractivity contribution in [3.8, 4) is 11.5 Å². The molecule has 27 heavy (non-hydrogen) atoms. The van der Waals surface area contributed by atoms with Gasteiger partial charge in [0.05, 0.1) is 25.3 Å². The van der Waals surface area contributed by atoms with Crippen LogP contribution in [-0.4, -0.2) is 47.3 Å². The minimum absolute atomic E-state index is 0.0255. The van der Waals surface area contributed by atoms with E-state index < -0.39 is 0 Å². The first-order valence-electron chi connectivity index (χ1n) is 8.56. The van der Waals surface area contributed by atoms with Crippen LogP contribution in [0.15, 0.2) is 48.8 Å². The Hall–Kier alpha value is -2.80. The molecule has 138 valence electrons. The first-order valence-corrected chi connectivity index (χ1v) is 9.61. The molecule has 7 heteroatoms. The van der Waals surface area contributed by atoms with Crippen molar-refractivity contribution in [2.75, 3.05) is 26.5 Å². The van der Waals surface area contributed by atoms with Gasteiger partial charge in [0, 0.05) is 35.8 Å². The average Bonchev–Trinajstić information content (AvgIpc) is 3.22. The Morgan fingerprint density at radius 2 is 1.89 bits per heavy atom. The number of nitrogens with zero attached hydrogens (tertiary/aromatic N) is 3. The van der Waals surface area contributed by atoms with Crippen LogP contribution in [0.1, 0.15) is 21.3 Å². The summed E-state index contributed by atoms with van der Waals surface area (Å²) < 4.78 is 10.9. The van der Waals surface area contributed by atoms with Crippen LogP contribution in [0.25, 0.3) is 11.0 Å². The van der Waals surface area contributed by atoms with Crippen LogP contribution >= 0.6 is 11.8 Å². The lowest BCUT2D eigenvalue weighted by molar-refractivity contribution is 0.0759. The molecule has 0 bridgehead atoms. The van der Waals surface area contributed by atoms with Crippen molar-refractivity contribution in [1.82, 2.24) is 14.9 Å². The molecule has 0 spiro atoms. The molecule has 0 radical (unpaired) electrons. The van der Waals surface area contributed by atoms with Gasteiger partial charge in [-0.25, -0.2) is 0 Å². The van der Waals surface area contributed by atoms with Crippen molar-refractivity contribution in [2.45, 2.75) is 5.37 Å². The normalized spacial score (nSPS) is 16.5. The van der Waals surface area contributed by atoms with Gasteiger partial charge in [-0.05, 0) is 36.4 Å². The number of thioether (sulfide) groups is 1. The number of aromatic nitrogens is 2. The van der Waals surface area contributed by atoms with Crippen LogP contribution in [0.5, 0.6) is 11.5 Å². The number of hydrogen-bond acceptors (Lipinski definition) is 6. The summed E-state index contributed by atoms with van der Waals surface area (Å²) in [4.78, 5) is 23.7. The zero-order chi connectivity index (χ0) is 18.8. The Morgan fingerprint density at radius 1 is 1.07 bits per heavy atom. The molecule has 4 rings (SSSR count). The Kier molecular flexibility index (Phi) is 4.85. The van der Waals surface area contributed by atoms with E-state index in [4.69, 9.17) is 9.47 Å². The number of ether oxygens (including phenoxy) is 2. The standard InChI is InChI=1S/C20H19N3O3S/c1-25-14-4-6-18(26-2)15(12-14)20-23(9-10-27-20)19(24)13-3-5-16-17(11-13)22-8-7-21-16/h3-8,11-12,20H,9-10H2,1-2H3. The maximum Gasteiger partial charge on any atom is 0.255 e. The summed E-state index contributed by atoms with van der Waals surface area (Å²) in [5.41, 5.74) is 3.03. The monoisotopic (exact) mass is 381 g/mol. The number of carbonyl (C=O) groups excluding carboxylic acids is 1. The van der Waals surface area contributed by atoms with E-state index in [0.29, 0.717) is 17.6 Å². The molecule has 1 saturated heterocycles. The average molecular weight is 381 g/mol. The fraction of sp³-hybridized carbons (Fsp3) is 0.250. The van der Waals surface area contributed by atoms with Gasteiger partial charge in [-0.3, -0.25) is 14.8 Å². The number of methoxy groups -OCH3 is 2. The summed E-state index contributed by atoms with van der Waals surface area (Å²) in [6.07, 6.45) is 3.28. The second-order valence-electron chi connectivity index (χ2n) is 6.09. The van der Waals surface area contributed by atoms with Gasteiger partial charge in [0.2, 0.25) is 0 Å². The summed E-state index contributed by atoms with van der Waals surface area (Å²) in [5.74, 6) is 2.33. The Labute approximate surface area is 161 Å². The van der Waals surface area contributed by atoms with Crippen molar-refractivity contribution in [3.63, 3.8) is 0 Å². The largest absolute Gasteiger partial charge is 0.497 e. The maximum atomic E-state index is 13.2. The quantitative estimate of drug-likeness (QED) is 0.689. The molecule has 0 N–H and O–H groups in total. The van der Waals surface area contributed by atoms with Crippen molar-refractivity contribution in [3.05, 3.63) is 59.9 Å². The van der Waals surface area contributed by atoms with Crippen LogP contribution < -0.4 is 9.47 Å². The summed E-state index contributed by atoms with van der Waals surface area (Å²) in [6, 6.07) is 11.1. The maximum absolute atomic E-state index is 13.2. The molecule has 0 aliphatic carbocycles. The van der Waals surface area contributed by atoms with Crippen LogP contribution in [0.3, 0.4) is 0 Å². The number of fused-ring (bicyclic) bond motifs is 1. The number of hydrogen-bond donors (Lipinski definition) is 0. The highest BCUT2D eigenvalue weighted by molar-refractivity contribution is 7.99. The number of benzene rings is 2. The highest BCUT2D eigenvalue weighted by Gasteiger charge is 2.33. The fourth-order valence-electron chi connectivity index (χ4n) is 3.23. The molecular weight excluding hydrogens is 362 g/mol. The van der Waals surface area contributed by atoms with E-state index >= 15 is 0 Å². The van der Waals surface area contributed by atoms with Gasteiger partial charge in [-0.15, -0.1) is 11.8 Å². The first kappa shape index (κ1) is 17.6. The molecule has 1 aliphatic rings. The van der Waals surface area contributed by atoms with Crippen molar-refractivity contribution in [1.29, 1.82) is 0 Å². The minimum Gasteiger partial charge on any atom is -0.497 e. The van der Waals surface area contributed by atoms with Crippen LogP contribution in [0, 0.1) is 0 Å². The molecule has 6 nitrogen and oxygen atoms in total. The lowest BCUT2D eigenvalue weighted by atomic mass is 10.1. The van der Waals surface area contributed by atoms with Gasteiger partial charge in [0.15, 0.2) is 0 Å². The van der Waals surface area contributed by atoms with Gasteiger partial charge in [0.25, 0.3) is 5.91 Å². The van der Waals surface area contributed by atoms with Gasteiger partial charge < -0.3 is 14.4 Å². The number of amides is 1. The predicted octanol–water partition coefficient (Wildman–Crippen LogP) is 3.53. The Balaban J connectivity index is 1.69. The van der Waals surface area contributed by atoms with E-state index in [1.165, 1.54) is 0 Å². The number of rotatable bonds is 4. The Bertz CT molecular complexity index is 995. The first-order chi connectivity index (χ1) is 13.2. The van der Waals surface area contributed by atoms with Crippen LogP contribution in [-0.2, 0) is 0 Å². The van der Waals surface area contributed by atoms with Crippen molar-refractivity contribution >= 4 is 28.7 Å². The molecule has 3 aromatic rings. The molecule has 1 atom stereocenters. The van der Waals surface area contributed by atoms with Gasteiger partial charge in [0.1, 0.15) is 16.9 Å². The molecule has 0 saturated carbocycles. The molecule has 1 fully saturated rings. The Morgan fingerprint density at radius 3 is 2.67 bits per heavy atom. The summed E-state index contributed by atoms with van der Waals surface area (Å²) in [7, 11) is 3.27. The summed E-state index contributed by atoms with van der Waals surface area (Å²) in [5, 5.41) is -0.125. The molecule has 1 aliphatic heterocycles. The van der Waals surface area contributed by atoms with Crippen molar-refractivity contribution < 1.29 is 14.3 Å². The third-order valence-electron chi connectivity index (χ3n) is 4.57. The minimum atomic E-state index is -0.125. The van der Waals surface area contributed by atoms with Gasteiger partial charge in [-0.1, -0.05) is 0 Å². The summed E-state index contributed by atoms with van der Waals surface area (Å²) >= 11 is 1.72. The van der Waals surface area contributed by atoms with E-state index in [2.05, 4.69) is 9.97 Å². The third kappa shape index (κ3) is 3.30. The smallest absolute Gasteiger partial charge is 0.255 e. The van der Waals surface area contributed by atoms with Gasteiger partial charge >= 0.3 is 0 Å². The highest BCUT2D eigenvalue weighted by Crippen LogP contribution is 2.43. The van der Waals surface area contributed by atoms with E-state index in [1.54, 1.807) is 44.4 Å². The number of carbonyl (C=O) groups is 1. The molecule has 1 unspecified atom stereocenters. The zero-order valence-corrected chi connectivity index (χ0v) is 15.9. The third-order valence-corrected chi connectivity index (χ3v) is 5.81. The van der Waals surface area contributed by atoms with E-state index in [9.17, 15) is 4.79 Å². The van der Waals surface area contributed by atoms with E-state index in [-0.39, 0.29) is 11.3 Å². The molecule has 2 aromatic carbocycles. The zero-order valence-electron chi connectivity index (χ0n) is 15.1. The topological polar surface area (TPSA) is 64.6 Å². The van der Waals surface area contributed by atoms with E-state index in [0.717, 1.165) is 28.3 Å². The van der Waals surface area contributed by atoms with Crippen LogP contribution in [0.2, 0.25) is 0 Å². The lowest BCUT2D eigenvalue weighted by Gasteiger charge is -2.26. The second-order valence-corrected chi connectivity index (χ2v) is 7.28. The van der Waals surface area contributed by atoms with Crippen LogP contribution in [0.4, 0.5) is 0 Å². The highest BCUT2D eigenvalue weighted by atomic mass is 32.2. The molecular formula is C20H19N3O3S. The lowest BCUT2D eigenvalue weighted by Crippen LogP contribution is -2.30. The molecule has 2 heterocycles. The van der Waals surface area contributed by atoms with Gasteiger partial charge in [-0.2, -0.15) is 0 Å². The predicted molar refractivity (Wildman–Crippen MR) is 105 cm³/mol. The SMILES string of the molecule is COc1ccc(OC)c(C2SCCN2C(=O)c2ccc3nccnc3c2)c1. The molecule has 1 aromatic heterocycles. The second kappa shape index (κ2) is 7.44. The summed E-state index contributed by atoms with van der Waals surface area (Å²) in [6.45, 7) is 0.674. The fourth-order valence-corrected chi connectivity index (χ4v) is 4.50. The van der Waals surface area contributed by atoms with Crippen molar-refractivity contribution in [2.24, 2.45) is 0 Å². The molecule has 1 amide bonds. The van der Waals surface area contributed by atoms with E-state index in [1.807, 2.05) is 35.2 Å².